The summed E-state index contributed by atoms with van der Waals surface area (Å²) in [6, 6.07) is 0. The van der Waals surface area contributed by atoms with Crippen molar-refractivity contribution in [3.05, 3.63) is 12.2 Å². The van der Waals surface area contributed by atoms with Crippen LogP contribution in [0.4, 0.5) is 0 Å². The Kier molecular flexibility index (Phi) is 23.2. The van der Waals surface area contributed by atoms with Crippen LogP contribution in [-0.2, 0) is 14.9 Å². The van der Waals surface area contributed by atoms with Crippen LogP contribution in [0.2, 0.25) is 0 Å². The Morgan fingerprint density at radius 3 is 1.86 bits per heavy atom. The second-order valence-corrected chi connectivity index (χ2v) is 8.98. The van der Waals surface area contributed by atoms with Crippen molar-refractivity contribution >= 4 is 16.0 Å². The minimum Gasteiger partial charge on any atom is -0.748 e. The van der Waals surface area contributed by atoms with E-state index in [1.807, 2.05) is 6.08 Å². The summed E-state index contributed by atoms with van der Waals surface area (Å²) in [5.74, 6) is -0.424. The molecule has 1 amide bonds. The molecule has 7 heteroatoms. The zero-order valence-electron chi connectivity index (χ0n) is 18.5. The molecule has 0 aromatic carbocycles. The van der Waals surface area contributed by atoms with Crippen LogP contribution in [0.1, 0.15) is 96.8 Å². The molecule has 0 aromatic heterocycles. The van der Waals surface area contributed by atoms with Crippen LogP contribution in [0, 0.1) is 0 Å². The van der Waals surface area contributed by atoms with Crippen LogP contribution in [0.15, 0.2) is 12.2 Å². The minimum atomic E-state index is -4.15. The van der Waals surface area contributed by atoms with E-state index >= 15 is 0 Å². The quantitative estimate of drug-likeness (QED) is 0.141. The second kappa shape index (κ2) is 21.0. The number of rotatable bonds is 18. The predicted octanol–water partition coefficient (Wildman–Crippen LogP) is 2.03. The summed E-state index contributed by atoms with van der Waals surface area (Å²) in [5, 5.41) is 0. The van der Waals surface area contributed by atoms with Gasteiger partial charge in [0.2, 0.25) is 5.91 Å². The van der Waals surface area contributed by atoms with E-state index in [0.717, 1.165) is 12.8 Å². The normalized spacial score (nSPS) is 11.5. The number of nitrogens with zero attached hydrogens (tertiary/aromatic N) is 1. The zero-order valence-corrected chi connectivity index (χ0v) is 22.4. The molecule has 0 N–H and O–H groups in total. The zero-order chi connectivity index (χ0) is 20.4. The molecule has 0 rings (SSSR count). The molecule has 0 saturated carbocycles. The molecule has 5 nitrogen and oxygen atoms in total. The summed E-state index contributed by atoms with van der Waals surface area (Å²) in [7, 11) is -2.45. The largest absolute Gasteiger partial charge is 1.00 e. The molecule has 0 radical (unpaired) electrons. The number of allylic oxidation sites excluding steroid dienone is 1. The van der Waals surface area contributed by atoms with Gasteiger partial charge in [-0.15, -0.1) is 0 Å². The molecule has 28 heavy (non-hydrogen) atoms. The maximum Gasteiger partial charge on any atom is 1.00 e. The maximum atomic E-state index is 11.9. The number of likely N-dealkylation sites (N-methyl/N-ethyl adjacent to an activating group) is 1. The van der Waals surface area contributed by atoms with Crippen LogP contribution >= 0.6 is 0 Å². The van der Waals surface area contributed by atoms with E-state index in [-0.39, 0.29) is 63.0 Å². The van der Waals surface area contributed by atoms with Gasteiger partial charge in [-0.05, 0) is 31.8 Å². The first-order chi connectivity index (χ1) is 12.9. The third kappa shape index (κ3) is 23.0. The number of carbonyl (C=O) groups excluding carboxylic acids is 1. The topological polar surface area (TPSA) is 77.5 Å². The van der Waals surface area contributed by atoms with Crippen molar-refractivity contribution in [1.82, 2.24) is 4.90 Å². The molecule has 160 valence electrons. The SMILES string of the molecule is CCCCCCCCCCCCC/C=C/C(=O)N(C)CCCCS(=O)(=O)[O-].[K+]. The van der Waals surface area contributed by atoms with Gasteiger partial charge in [-0.2, -0.15) is 0 Å². The van der Waals surface area contributed by atoms with Gasteiger partial charge in [-0.1, -0.05) is 77.2 Å². The Morgan fingerprint density at radius 1 is 0.857 bits per heavy atom. The van der Waals surface area contributed by atoms with Crippen LogP contribution in [-0.4, -0.2) is 43.1 Å². The molecule has 0 heterocycles. The predicted molar refractivity (Wildman–Crippen MR) is 112 cm³/mol. The second-order valence-electron chi connectivity index (χ2n) is 7.46. The van der Waals surface area contributed by atoms with E-state index in [1.54, 1.807) is 18.0 Å². The van der Waals surface area contributed by atoms with Crippen molar-refractivity contribution in [3.8, 4) is 0 Å². The van der Waals surface area contributed by atoms with Gasteiger partial charge >= 0.3 is 51.4 Å². The van der Waals surface area contributed by atoms with Crippen LogP contribution < -0.4 is 51.4 Å². The average molecular weight is 442 g/mol. The third-order valence-electron chi connectivity index (χ3n) is 4.75. The fraction of sp³-hybridized carbons (Fsp3) is 0.857. The van der Waals surface area contributed by atoms with Crippen molar-refractivity contribution in [2.45, 2.75) is 96.8 Å². The number of carbonyl (C=O) groups is 1. The number of unbranched alkanes of at least 4 members (excludes halogenated alkanes) is 12. The molecule has 0 aliphatic heterocycles. The molecular formula is C21H40KNO4S. The van der Waals surface area contributed by atoms with Gasteiger partial charge in [0.15, 0.2) is 0 Å². The summed E-state index contributed by atoms with van der Waals surface area (Å²) < 4.78 is 31.5. The van der Waals surface area contributed by atoms with Gasteiger partial charge in [-0.3, -0.25) is 4.79 Å². The third-order valence-corrected chi connectivity index (χ3v) is 5.54. The van der Waals surface area contributed by atoms with Crippen LogP contribution in [0.25, 0.3) is 0 Å². The summed E-state index contributed by atoms with van der Waals surface area (Å²) in [5.41, 5.74) is 0. The summed E-state index contributed by atoms with van der Waals surface area (Å²) in [4.78, 5) is 13.5. The number of amides is 1. The van der Waals surface area contributed by atoms with Crippen LogP contribution in [0.5, 0.6) is 0 Å². The Morgan fingerprint density at radius 2 is 1.36 bits per heavy atom. The van der Waals surface area contributed by atoms with E-state index < -0.39 is 10.1 Å². The fourth-order valence-corrected chi connectivity index (χ4v) is 3.53. The van der Waals surface area contributed by atoms with Gasteiger partial charge in [0, 0.05) is 19.3 Å². The summed E-state index contributed by atoms with van der Waals surface area (Å²) in [6.07, 6.45) is 19.7. The monoisotopic (exact) mass is 441 g/mol. The van der Waals surface area contributed by atoms with E-state index in [0.29, 0.717) is 19.4 Å². The van der Waals surface area contributed by atoms with E-state index in [4.69, 9.17) is 0 Å². The molecule has 0 bridgehead atoms. The summed E-state index contributed by atoms with van der Waals surface area (Å²) in [6.45, 7) is 2.72. The van der Waals surface area contributed by atoms with Crippen molar-refractivity contribution in [2.75, 3.05) is 19.3 Å². The molecule has 0 aromatic rings. The molecule has 0 aliphatic rings. The van der Waals surface area contributed by atoms with Gasteiger partial charge in [0.25, 0.3) is 0 Å². The minimum absolute atomic E-state index is 0. The Bertz CT molecular complexity index is 495. The molecule has 0 fully saturated rings. The number of hydrogen-bond acceptors (Lipinski definition) is 4. The van der Waals surface area contributed by atoms with E-state index in [1.165, 1.54) is 64.2 Å². The molecule has 0 aliphatic carbocycles. The smallest absolute Gasteiger partial charge is 0.748 e. The van der Waals surface area contributed by atoms with E-state index in [2.05, 4.69) is 6.92 Å². The first kappa shape index (κ1) is 30.9. The molecule has 0 spiro atoms. The van der Waals surface area contributed by atoms with E-state index in [9.17, 15) is 17.8 Å². The Labute approximate surface area is 216 Å². The molecule has 0 saturated heterocycles. The van der Waals surface area contributed by atoms with Gasteiger partial charge in [0.1, 0.15) is 0 Å². The molecule has 0 unspecified atom stereocenters. The standard InChI is InChI=1S/C21H41NO4S.K/c1-3-4-5-6-7-8-9-10-11-12-13-14-15-18-21(23)22(2)19-16-17-20-27(24,25)26;/h15,18H,3-14,16-17,19-20H2,1-2H3,(H,24,25,26);/q;+1/p-1/b18-15+;. The van der Waals surface area contributed by atoms with Crippen molar-refractivity contribution in [3.63, 3.8) is 0 Å². The van der Waals surface area contributed by atoms with Crippen LogP contribution in [0.3, 0.4) is 0 Å². The van der Waals surface area contributed by atoms with Gasteiger partial charge in [-0.25, -0.2) is 8.42 Å². The van der Waals surface area contributed by atoms with Gasteiger partial charge < -0.3 is 9.45 Å². The Hall–Kier alpha value is 0.756. The first-order valence-corrected chi connectivity index (χ1v) is 12.3. The Balaban J connectivity index is 0. The van der Waals surface area contributed by atoms with Crippen molar-refractivity contribution < 1.29 is 69.1 Å². The average Bonchev–Trinajstić information content (AvgIpc) is 2.61. The summed E-state index contributed by atoms with van der Waals surface area (Å²) >= 11 is 0. The van der Waals surface area contributed by atoms with Crippen molar-refractivity contribution in [1.29, 1.82) is 0 Å². The van der Waals surface area contributed by atoms with Crippen molar-refractivity contribution in [2.24, 2.45) is 0 Å². The molecule has 0 atom stereocenters. The van der Waals surface area contributed by atoms with Gasteiger partial charge in [0.05, 0.1) is 10.1 Å². The first-order valence-electron chi connectivity index (χ1n) is 10.7. The maximum absolute atomic E-state index is 11.9. The number of hydrogen-bond donors (Lipinski definition) is 0. The molecular weight excluding hydrogens is 401 g/mol. The fourth-order valence-electron chi connectivity index (χ4n) is 2.98.